The van der Waals surface area contributed by atoms with E-state index in [0.717, 1.165) is 0 Å². The van der Waals surface area contributed by atoms with Crippen molar-refractivity contribution in [2.75, 3.05) is 13.1 Å². The van der Waals surface area contributed by atoms with Crippen molar-refractivity contribution in [1.82, 2.24) is 4.90 Å². The zero-order valence-corrected chi connectivity index (χ0v) is 10.8. The van der Waals surface area contributed by atoms with E-state index in [0.29, 0.717) is 0 Å². The Morgan fingerprint density at radius 3 is 2.28 bits per heavy atom. The van der Waals surface area contributed by atoms with Crippen LogP contribution in [0, 0.1) is 5.92 Å². The average molecular weight is 268 g/mol. The number of piperidine rings is 1. The molecule has 0 aliphatic carbocycles. The molecule has 1 aliphatic rings. The Labute approximate surface area is 104 Å². The van der Waals surface area contributed by atoms with Crippen LogP contribution in [0.25, 0.3) is 0 Å². The summed E-state index contributed by atoms with van der Waals surface area (Å²) in [6.45, 7) is 5.00. The maximum absolute atomic E-state index is 12.6. The van der Waals surface area contributed by atoms with Crippen molar-refractivity contribution in [1.29, 1.82) is 0 Å². The monoisotopic (exact) mass is 268 g/mol. The van der Waals surface area contributed by atoms with E-state index in [2.05, 4.69) is 0 Å². The van der Waals surface area contributed by atoms with Crippen LogP contribution in [-0.4, -0.2) is 41.9 Å². The van der Waals surface area contributed by atoms with Gasteiger partial charge in [-0.2, -0.15) is 13.2 Å². The van der Waals surface area contributed by atoms with Gasteiger partial charge in [-0.25, -0.2) is 4.79 Å². The Bertz CT molecular complexity index is 312. The Morgan fingerprint density at radius 1 is 1.33 bits per heavy atom. The van der Waals surface area contributed by atoms with E-state index in [1.807, 2.05) is 0 Å². The van der Waals surface area contributed by atoms with Crippen molar-refractivity contribution >= 4 is 6.09 Å². The molecule has 7 heteroatoms. The second-order valence-electron chi connectivity index (χ2n) is 5.53. The summed E-state index contributed by atoms with van der Waals surface area (Å²) in [4.78, 5) is 12.9. The highest BCUT2D eigenvalue weighted by Crippen LogP contribution is 2.33. The first-order valence-corrected chi connectivity index (χ1v) is 5.81. The van der Waals surface area contributed by atoms with Crippen LogP contribution in [0.15, 0.2) is 0 Å². The summed E-state index contributed by atoms with van der Waals surface area (Å²) in [5, 5.41) is 0. The van der Waals surface area contributed by atoms with Crippen molar-refractivity contribution in [3.63, 3.8) is 0 Å². The third-order valence-electron chi connectivity index (χ3n) is 2.73. The van der Waals surface area contributed by atoms with Crippen molar-refractivity contribution in [3.05, 3.63) is 0 Å². The molecule has 0 aromatic heterocycles. The fourth-order valence-electron chi connectivity index (χ4n) is 1.88. The van der Waals surface area contributed by atoms with Gasteiger partial charge in [0.2, 0.25) is 0 Å². The van der Waals surface area contributed by atoms with Gasteiger partial charge >= 0.3 is 12.3 Å². The van der Waals surface area contributed by atoms with E-state index in [4.69, 9.17) is 10.5 Å². The van der Waals surface area contributed by atoms with Gasteiger partial charge in [0.25, 0.3) is 0 Å². The van der Waals surface area contributed by atoms with Crippen LogP contribution in [0.5, 0.6) is 0 Å². The van der Waals surface area contributed by atoms with Crippen LogP contribution >= 0.6 is 0 Å². The summed E-state index contributed by atoms with van der Waals surface area (Å²) in [5.74, 6) is -1.55. The van der Waals surface area contributed by atoms with Crippen LogP contribution in [0.1, 0.15) is 27.2 Å². The molecule has 4 nitrogen and oxygen atoms in total. The van der Waals surface area contributed by atoms with E-state index < -0.39 is 29.8 Å². The number of rotatable bonds is 0. The Morgan fingerprint density at radius 2 is 1.89 bits per heavy atom. The molecule has 0 radical (unpaired) electrons. The molecule has 1 saturated heterocycles. The van der Waals surface area contributed by atoms with Gasteiger partial charge in [0.1, 0.15) is 5.60 Å². The molecular weight excluding hydrogens is 249 g/mol. The number of alkyl halides is 3. The summed E-state index contributed by atoms with van der Waals surface area (Å²) in [6, 6.07) is -1.09. The molecule has 2 N–H and O–H groups in total. The van der Waals surface area contributed by atoms with Crippen molar-refractivity contribution < 1.29 is 22.7 Å². The lowest BCUT2D eigenvalue weighted by atomic mass is 9.92. The second-order valence-corrected chi connectivity index (χ2v) is 5.53. The summed E-state index contributed by atoms with van der Waals surface area (Å²) in [7, 11) is 0. The van der Waals surface area contributed by atoms with E-state index >= 15 is 0 Å². The number of hydrogen-bond donors (Lipinski definition) is 1. The first kappa shape index (κ1) is 15.1. The zero-order valence-electron chi connectivity index (χ0n) is 10.8. The lowest BCUT2D eigenvalue weighted by Crippen LogP contribution is -2.55. The first-order chi connectivity index (χ1) is 8.00. The molecule has 1 fully saturated rings. The predicted molar refractivity (Wildman–Crippen MR) is 59.9 cm³/mol. The number of likely N-dealkylation sites (tertiary alicyclic amines) is 1. The van der Waals surface area contributed by atoms with Gasteiger partial charge in [0.05, 0.1) is 5.92 Å². The molecule has 0 aromatic carbocycles. The molecule has 2 atom stereocenters. The quantitative estimate of drug-likeness (QED) is 0.732. The minimum absolute atomic E-state index is 0.0206. The van der Waals surface area contributed by atoms with Crippen molar-refractivity contribution in [2.24, 2.45) is 11.7 Å². The normalized spacial score (nSPS) is 26.1. The summed E-state index contributed by atoms with van der Waals surface area (Å²) in [6.07, 6.45) is -5.10. The second kappa shape index (κ2) is 4.95. The van der Waals surface area contributed by atoms with Gasteiger partial charge in [-0.05, 0) is 27.2 Å². The first-order valence-electron chi connectivity index (χ1n) is 5.81. The highest BCUT2D eigenvalue weighted by atomic mass is 19.4. The van der Waals surface area contributed by atoms with Gasteiger partial charge in [0, 0.05) is 19.1 Å². The minimum Gasteiger partial charge on any atom is -0.444 e. The Hall–Kier alpha value is -0.980. The Balaban J connectivity index is 2.59. The van der Waals surface area contributed by atoms with Crippen molar-refractivity contribution in [2.45, 2.75) is 45.0 Å². The lowest BCUT2D eigenvalue weighted by molar-refractivity contribution is -0.189. The highest BCUT2D eigenvalue weighted by Gasteiger charge is 2.46. The molecule has 1 amide bonds. The van der Waals surface area contributed by atoms with Gasteiger partial charge in [-0.3, -0.25) is 0 Å². The highest BCUT2D eigenvalue weighted by molar-refractivity contribution is 5.68. The van der Waals surface area contributed by atoms with Crippen LogP contribution in [0.4, 0.5) is 18.0 Å². The van der Waals surface area contributed by atoms with Gasteiger partial charge in [-0.1, -0.05) is 0 Å². The van der Waals surface area contributed by atoms with E-state index in [1.165, 1.54) is 4.90 Å². The standard InChI is InChI=1S/C11H19F3N2O2/c1-10(2,3)18-9(17)16-5-4-7(8(15)6-16)11(12,13)14/h7-8H,4-6,15H2,1-3H3/t7?,8-/m1/s1. The van der Waals surface area contributed by atoms with E-state index in [-0.39, 0.29) is 19.5 Å². The number of ether oxygens (including phenoxy) is 1. The van der Waals surface area contributed by atoms with E-state index in [9.17, 15) is 18.0 Å². The molecule has 1 aliphatic heterocycles. The maximum atomic E-state index is 12.6. The molecule has 18 heavy (non-hydrogen) atoms. The fourth-order valence-corrected chi connectivity index (χ4v) is 1.88. The zero-order chi connectivity index (χ0) is 14.1. The number of nitrogens with zero attached hydrogens (tertiary/aromatic N) is 1. The smallest absolute Gasteiger partial charge is 0.410 e. The van der Waals surface area contributed by atoms with Gasteiger partial charge in [-0.15, -0.1) is 0 Å². The largest absolute Gasteiger partial charge is 0.444 e. The topological polar surface area (TPSA) is 55.6 Å². The SMILES string of the molecule is CC(C)(C)OC(=O)N1CCC(C(F)(F)F)[C@H](N)C1. The van der Waals surface area contributed by atoms with E-state index in [1.54, 1.807) is 20.8 Å². The molecule has 1 rings (SSSR count). The third-order valence-corrected chi connectivity index (χ3v) is 2.73. The van der Waals surface area contributed by atoms with Crippen LogP contribution in [-0.2, 0) is 4.74 Å². The number of halogens is 3. The number of hydrogen-bond acceptors (Lipinski definition) is 3. The summed E-state index contributed by atoms with van der Waals surface area (Å²) in [5.41, 5.74) is 4.82. The van der Waals surface area contributed by atoms with Crippen LogP contribution in [0.2, 0.25) is 0 Å². The fraction of sp³-hybridized carbons (Fsp3) is 0.909. The number of carbonyl (C=O) groups is 1. The number of nitrogens with two attached hydrogens (primary N) is 1. The number of carbonyl (C=O) groups excluding carboxylic acids is 1. The molecule has 106 valence electrons. The van der Waals surface area contributed by atoms with Crippen LogP contribution < -0.4 is 5.73 Å². The predicted octanol–water partition coefficient (Wildman–Crippen LogP) is 2.13. The molecule has 0 bridgehead atoms. The van der Waals surface area contributed by atoms with Gasteiger partial charge in [0.15, 0.2) is 0 Å². The number of amides is 1. The molecule has 0 saturated carbocycles. The molecule has 0 spiro atoms. The summed E-state index contributed by atoms with van der Waals surface area (Å²) >= 11 is 0. The molecular formula is C11H19F3N2O2. The summed E-state index contributed by atoms with van der Waals surface area (Å²) < 4.78 is 42.8. The molecule has 1 unspecified atom stereocenters. The van der Waals surface area contributed by atoms with Crippen molar-refractivity contribution in [3.8, 4) is 0 Å². The Kier molecular flexibility index (Phi) is 4.15. The molecule has 0 aromatic rings. The van der Waals surface area contributed by atoms with Crippen LogP contribution in [0.3, 0.4) is 0 Å². The minimum atomic E-state index is -4.31. The average Bonchev–Trinajstić information content (AvgIpc) is 2.12. The third kappa shape index (κ3) is 4.04. The maximum Gasteiger partial charge on any atom is 0.410 e. The molecule has 1 heterocycles. The lowest BCUT2D eigenvalue weighted by Gasteiger charge is -2.37. The van der Waals surface area contributed by atoms with Gasteiger partial charge < -0.3 is 15.4 Å².